The van der Waals surface area contributed by atoms with Gasteiger partial charge in [0.2, 0.25) is 0 Å². The van der Waals surface area contributed by atoms with Crippen molar-refractivity contribution in [3.8, 4) is 5.69 Å². The lowest BCUT2D eigenvalue weighted by Crippen LogP contribution is -2.27. The van der Waals surface area contributed by atoms with Gasteiger partial charge in [-0.05, 0) is 45.0 Å². The third-order valence-corrected chi connectivity index (χ3v) is 2.45. The van der Waals surface area contributed by atoms with E-state index in [1.165, 1.54) is 12.1 Å². The second-order valence-corrected chi connectivity index (χ2v) is 5.37. The summed E-state index contributed by atoms with van der Waals surface area (Å²) in [6, 6.07) is 6.21. The van der Waals surface area contributed by atoms with Crippen molar-refractivity contribution in [1.29, 1.82) is 0 Å². The molecule has 3 N–H and O–H groups in total. The molecule has 0 aliphatic carbocycles. The van der Waals surface area contributed by atoms with Crippen molar-refractivity contribution < 1.29 is 9.53 Å². The lowest BCUT2D eigenvalue weighted by molar-refractivity contribution is 0.0636. The van der Waals surface area contributed by atoms with Crippen molar-refractivity contribution in [2.24, 2.45) is 0 Å². The molecule has 8 heteroatoms. The highest BCUT2D eigenvalue weighted by atomic mass is 16.6. The number of hydrogen-bond donors (Lipinski definition) is 3. The minimum absolute atomic E-state index is 0.386. The van der Waals surface area contributed by atoms with Crippen LogP contribution in [0.15, 0.2) is 33.9 Å². The van der Waals surface area contributed by atoms with E-state index in [-0.39, 0.29) is 0 Å². The van der Waals surface area contributed by atoms with Gasteiger partial charge in [-0.2, -0.15) is 0 Å². The van der Waals surface area contributed by atoms with Crippen LogP contribution in [0.2, 0.25) is 0 Å². The van der Waals surface area contributed by atoms with Gasteiger partial charge in [0.15, 0.2) is 0 Å². The number of nitrogens with one attached hydrogen (secondary N) is 3. The van der Waals surface area contributed by atoms with Crippen LogP contribution in [0, 0.1) is 0 Å². The lowest BCUT2D eigenvalue weighted by atomic mass is 10.2. The maximum atomic E-state index is 11.6. The topological polar surface area (TPSA) is 109 Å². The second kappa shape index (κ2) is 5.31. The van der Waals surface area contributed by atoms with Crippen LogP contribution < -0.4 is 16.7 Å². The zero-order chi connectivity index (χ0) is 15.6. The Morgan fingerprint density at radius 3 is 2.10 bits per heavy atom. The van der Waals surface area contributed by atoms with Gasteiger partial charge in [0.1, 0.15) is 5.60 Å². The molecule has 0 spiro atoms. The van der Waals surface area contributed by atoms with Crippen molar-refractivity contribution in [3.05, 3.63) is 45.2 Å². The molecular weight excluding hydrogens is 276 g/mol. The number of H-pyrrole nitrogens is 2. The summed E-state index contributed by atoms with van der Waals surface area (Å²) in [6.45, 7) is 5.29. The van der Waals surface area contributed by atoms with Crippen molar-refractivity contribution in [2.75, 3.05) is 5.32 Å². The Morgan fingerprint density at radius 2 is 1.62 bits per heavy atom. The van der Waals surface area contributed by atoms with E-state index in [9.17, 15) is 14.4 Å². The van der Waals surface area contributed by atoms with E-state index in [2.05, 4.69) is 15.5 Å². The molecule has 0 fully saturated rings. The molecule has 1 aromatic heterocycles. The highest BCUT2D eigenvalue weighted by Crippen LogP contribution is 2.13. The highest BCUT2D eigenvalue weighted by molar-refractivity contribution is 5.84. The van der Waals surface area contributed by atoms with Gasteiger partial charge in [0.05, 0.1) is 5.69 Å². The Hall–Kier alpha value is -2.77. The number of carbonyl (C=O) groups excluding carboxylic acids is 1. The molecule has 21 heavy (non-hydrogen) atoms. The largest absolute Gasteiger partial charge is 0.444 e. The Labute approximate surface area is 119 Å². The number of benzene rings is 1. The smallest absolute Gasteiger partial charge is 0.412 e. The average molecular weight is 292 g/mol. The summed E-state index contributed by atoms with van der Waals surface area (Å²) in [5.41, 5.74) is -0.832. The van der Waals surface area contributed by atoms with Crippen LogP contribution >= 0.6 is 0 Å². The van der Waals surface area contributed by atoms with Gasteiger partial charge in [-0.25, -0.2) is 29.1 Å². The normalized spacial score (nSPS) is 11.2. The van der Waals surface area contributed by atoms with Crippen molar-refractivity contribution in [3.63, 3.8) is 0 Å². The summed E-state index contributed by atoms with van der Waals surface area (Å²) in [4.78, 5) is 34.5. The standard InChI is InChI=1S/C13H16N4O4/c1-13(2,3)21-12(20)14-8-4-6-9(7-5-8)17-10(18)15-16-11(17)19/h4-7H,1-3H3,(H,14,20)(H,15,18)(H,16,19). The van der Waals surface area contributed by atoms with Crippen molar-refractivity contribution in [1.82, 2.24) is 14.8 Å². The number of nitrogens with zero attached hydrogens (tertiary/aromatic N) is 1. The van der Waals surface area contributed by atoms with Gasteiger partial charge >= 0.3 is 17.5 Å². The number of anilines is 1. The van der Waals surface area contributed by atoms with E-state index in [4.69, 9.17) is 4.74 Å². The number of ether oxygens (including phenoxy) is 1. The molecule has 0 bridgehead atoms. The molecule has 1 aromatic carbocycles. The Balaban J connectivity index is 2.15. The molecule has 2 rings (SSSR count). The van der Waals surface area contributed by atoms with E-state index in [1.807, 2.05) is 0 Å². The quantitative estimate of drug-likeness (QED) is 0.772. The van der Waals surface area contributed by atoms with Gasteiger partial charge in [-0.15, -0.1) is 0 Å². The number of aromatic nitrogens is 3. The molecule has 0 unspecified atom stereocenters. The number of amides is 1. The first-order valence-corrected chi connectivity index (χ1v) is 6.26. The molecule has 0 saturated carbocycles. The Kier molecular flexibility index (Phi) is 3.70. The fourth-order valence-electron chi connectivity index (χ4n) is 1.66. The van der Waals surface area contributed by atoms with Gasteiger partial charge in [-0.1, -0.05) is 0 Å². The summed E-state index contributed by atoms with van der Waals surface area (Å²) in [5, 5.41) is 6.93. The van der Waals surface area contributed by atoms with Gasteiger partial charge in [0.25, 0.3) is 0 Å². The molecule has 8 nitrogen and oxygen atoms in total. The van der Waals surface area contributed by atoms with Gasteiger partial charge in [0, 0.05) is 5.69 Å². The Bertz CT molecular complexity index is 718. The van der Waals surface area contributed by atoms with Crippen LogP contribution in [0.5, 0.6) is 0 Å². The predicted octanol–water partition coefficient (Wildman–Crippen LogP) is 1.20. The van der Waals surface area contributed by atoms with Crippen LogP contribution in [0.4, 0.5) is 10.5 Å². The minimum atomic E-state index is -0.588. The van der Waals surface area contributed by atoms with Gasteiger partial charge in [-0.3, -0.25) is 5.32 Å². The van der Waals surface area contributed by atoms with E-state index in [1.54, 1.807) is 32.9 Å². The second-order valence-electron chi connectivity index (χ2n) is 5.37. The molecule has 0 atom stereocenters. The summed E-state index contributed by atoms with van der Waals surface area (Å²) >= 11 is 0. The summed E-state index contributed by atoms with van der Waals surface area (Å²) in [5.74, 6) is 0. The first-order chi connectivity index (χ1) is 9.76. The zero-order valence-electron chi connectivity index (χ0n) is 11.9. The number of hydrogen-bond acceptors (Lipinski definition) is 4. The fourth-order valence-corrected chi connectivity index (χ4v) is 1.66. The van der Waals surface area contributed by atoms with E-state index in [0.717, 1.165) is 4.57 Å². The summed E-state index contributed by atoms with van der Waals surface area (Å²) in [6.07, 6.45) is -0.577. The fraction of sp³-hybridized carbons (Fsp3) is 0.308. The summed E-state index contributed by atoms with van der Waals surface area (Å²) < 4.78 is 6.06. The molecule has 2 aromatic rings. The van der Waals surface area contributed by atoms with Crippen LogP contribution in [-0.4, -0.2) is 26.5 Å². The zero-order valence-corrected chi connectivity index (χ0v) is 11.9. The lowest BCUT2D eigenvalue weighted by Gasteiger charge is -2.19. The van der Waals surface area contributed by atoms with E-state index >= 15 is 0 Å². The maximum Gasteiger partial charge on any atom is 0.412 e. The summed E-state index contributed by atoms with van der Waals surface area (Å²) in [7, 11) is 0. The number of aromatic amines is 2. The third kappa shape index (κ3) is 3.62. The predicted molar refractivity (Wildman–Crippen MR) is 76.9 cm³/mol. The van der Waals surface area contributed by atoms with Crippen molar-refractivity contribution >= 4 is 11.8 Å². The van der Waals surface area contributed by atoms with Crippen LogP contribution in [0.3, 0.4) is 0 Å². The number of carbonyl (C=O) groups is 1. The van der Waals surface area contributed by atoms with Crippen LogP contribution in [0.1, 0.15) is 20.8 Å². The van der Waals surface area contributed by atoms with E-state index in [0.29, 0.717) is 11.4 Å². The maximum absolute atomic E-state index is 11.6. The molecule has 0 aliphatic rings. The van der Waals surface area contributed by atoms with Crippen LogP contribution in [0.25, 0.3) is 5.69 Å². The van der Waals surface area contributed by atoms with Crippen LogP contribution in [-0.2, 0) is 4.74 Å². The average Bonchev–Trinajstić information content (AvgIpc) is 2.68. The first kappa shape index (κ1) is 14.6. The van der Waals surface area contributed by atoms with Crippen molar-refractivity contribution in [2.45, 2.75) is 26.4 Å². The number of rotatable bonds is 2. The molecule has 0 radical (unpaired) electrons. The Morgan fingerprint density at radius 1 is 1.10 bits per heavy atom. The molecule has 112 valence electrons. The van der Waals surface area contributed by atoms with Gasteiger partial charge < -0.3 is 4.74 Å². The molecule has 1 heterocycles. The first-order valence-electron chi connectivity index (χ1n) is 6.26. The third-order valence-electron chi connectivity index (χ3n) is 2.45. The monoisotopic (exact) mass is 292 g/mol. The molecule has 1 amide bonds. The minimum Gasteiger partial charge on any atom is -0.444 e. The van der Waals surface area contributed by atoms with E-state index < -0.39 is 23.1 Å². The SMILES string of the molecule is CC(C)(C)OC(=O)Nc1ccc(-n2c(=O)[nH][nH]c2=O)cc1. The molecule has 0 aliphatic heterocycles. The highest BCUT2D eigenvalue weighted by Gasteiger charge is 2.16. The molecule has 0 saturated heterocycles. The molecular formula is C13H16N4O4.